The van der Waals surface area contributed by atoms with E-state index in [4.69, 9.17) is 11.6 Å². The molecule has 0 radical (unpaired) electrons. The number of fused-ring (bicyclic) bond motifs is 1. The van der Waals surface area contributed by atoms with Crippen molar-refractivity contribution in [1.29, 1.82) is 0 Å². The van der Waals surface area contributed by atoms with Gasteiger partial charge in [0, 0.05) is 18.1 Å². The van der Waals surface area contributed by atoms with Crippen LogP contribution < -0.4 is 16.4 Å². The summed E-state index contributed by atoms with van der Waals surface area (Å²) in [6, 6.07) is 14.3. The summed E-state index contributed by atoms with van der Waals surface area (Å²) in [6.45, 7) is 3.51. The molecule has 0 unspecified atom stereocenters. The van der Waals surface area contributed by atoms with E-state index in [1.807, 2.05) is 18.2 Å². The molecule has 0 aliphatic carbocycles. The van der Waals surface area contributed by atoms with Crippen molar-refractivity contribution >= 4 is 28.5 Å². The Labute approximate surface area is 184 Å². The van der Waals surface area contributed by atoms with Crippen LogP contribution in [0.5, 0.6) is 0 Å². The van der Waals surface area contributed by atoms with Gasteiger partial charge in [0.15, 0.2) is 0 Å². The molecular weight excluding hydrogens is 416 g/mol. The first kappa shape index (κ1) is 21.3. The zero-order valence-corrected chi connectivity index (χ0v) is 18.0. The Morgan fingerprint density at radius 2 is 1.52 bits per heavy atom. The third-order valence-electron chi connectivity index (χ3n) is 5.64. The number of halogens is 1. The molecule has 0 atom stereocenters. The number of likely N-dealkylation sites (tertiary alicyclic amines) is 1. The maximum absolute atomic E-state index is 12.9. The molecule has 31 heavy (non-hydrogen) atoms. The minimum absolute atomic E-state index is 0.184. The number of rotatable bonds is 7. The summed E-state index contributed by atoms with van der Waals surface area (Å²) in [5.74, 6) is -0.277. The maximum atomic E-state index is 12.9. The van der Waals surface area contributed by atoms with Crippen molar-refractivity contribution in [2.24, 2.45) is 0 Å². The highest BCUT2D eigenvalue weighted by molar-refractivity contribution is 6.30. The van der Waals surface area contributed by atoms with E-state index in [0.29, 0.717) is 22.6 Å². The van der Waals surface area contributed by atoms with Crippen LogP contribution in [0.15, 0.2) is 58.1 Å². The number of benzene rings is 2. The lowest BCUT2D eigenvalue weighted by atomic mass is 10.2. The molecule has 0 bridgehead atoms. The third kappa shape index (κ3) is 4.89. The fourth-order valence-electron chi connectivity index (χ4n) is 4.02. The quantitative estimate of drug-likeness (QED) is 0.571. The minimum atomic E-state index is -0.706. The van der Waals surface area contributed by atoms with Crippen LogP contribution in [-0.4, -0.2) is 46.1 Å². The fraction of sp³-hybridized carbons (Fsp3) is 0.348. The van der Waals surface area contributed by atoms with Crippen molar-refractivity contribution in [2.45, 2.75) is 25.9 Å². The molecule has 7 nitrogen and oxygen atoms in total. The number of para-hydroxylation sites is 2. The Balaban J connectivity index is 1.58. The molecule has 8 heteroatoms. The lowest BCUT2D eigenvalue weighted by Gasteiger charge is -2.16. The van der Waals surface area contributed by atoms with Crippen LogP contribution in [0, 0.1) is 0 Å². The summed E-state index contributed by atoms with van der Waals surface area (Å²) < 4.78 is 2.71. The van der Waals surface area contributed by atoms with Gasteiger partial charge in [0.1, 0.15) is 6.54 Å². The standard InChI is InChI=1S/C23H25ClN4O3/c24-18-9-7-17(8-10-18)15-27-19-5-1-2-6-20(19)28(23(31)22(27)30)16-21(29)25-11-14-26-12-3-4-13-26/h1-2,5-10H,3-4,11-16H2,(H,25,29). The summed E-state index contributed by atoms with van der Waals surface area (Å²) >= 11 is 5.95. The second-order valence-corrected chi connectivity index (χ2v) is 8.23. The van der Waals surface area contributed by atoms with Crippen LogP contribution >= 0.6 is 11.6 Å². The first-order chi connectivity index (χ1) is 15.0. The monoisotopic (exact) mass is 440 g/mol. The molecule has 1 N–H and O–H groups in total. The van der Waals surface area contributed by atoms with E-state index in [1.54, 1.807) is 30.3 Å². The number of amides is 1. The second-order valence-electron chi connectivity index (χ2n) is 7.80. The normalized spacial score (nSPS) is 14.2. The largest absolute Gasteiger partial charge is 0.353 e. The lowest BCUT2D eigenvalue weighted by molar-refractivity contribution is -0.121. The van der Waals surface area contributed by atoms with Gasteiger partial charge in [0.05, 0.1) is 17.6 Å². The Bertz CT molecular complexity index is 1190. The van der Waals surface area contributed by atoms with E-state index in [-0.39, 0.29) is 19.0 Å². The zero-order chi connectivity index (χ0) is 21.8. The molecule has 162 valence electrons. The SMILES string of the molecule is O=C(Cn1c(=O)c(=O)n(Cc2ccc(Cl)cc2)c2ccccc21)NCCN1CCCC1. The maximum Gasteiger partial charge on any atom is 0.317 e. The van der Waals surface area contributed by atoms with Crippen LogP contribution in [0.1, 0.15) is 18.4 Å². The van der Waals surface area contributed by atoms with E-state index in [1.165, 1.54) is 22.0 Å². The molecule has 2 heterocycles. The number of nitrogens with one attached hydrogen (secondary N) is 1. The van der Waals surface area contributed by atoms with Crippen LogP contribution in [0.3, 0.4) is 0 Å². The first-order valence-corrected chi connectivity index (χ1v) is 10.9. The van der Waals surface area contributed by atoms with Gasteiger partial charge in [-0.1, -0.05) is 35.9 Å². The Kier molecular flexibility index (Phi) is 6.53. The van der Waals surface area contributed by atoms with E-state index in [0.717, 1.165) is 25.2 Å². The molecule has 2 aromatic carbocycles. The topological polar surface area (TPSA) is 76.3 Å². The van der Waals surface area contributed by atoms with Gasteiger partial charge in [-0.2, -0.15) is 0 Å². The molecular formula is C23H25ClN4O3. The molecule has 3 aromatic rings. The molecule has 1 aliphatic rings. The van der Waals surface area contributed by atoms with Gasteiger partial charge in [-0.3, -0.25) is 23.5 Å². The van der Waals surface area contributed by atoms with E-state index < -0.39 is 11.1 Å². The zero-order valence-electron chi connectivity index (χ0n) is 17.2. The van der Waals surface area contributed by atoms with Gasteiger partial charge in [-0.25, -0.2) is 0 Å². The van der Waals surface area contributed by atoms with Gasteiger partial charge in [-0.05, 0) is 55.8 Å². The van der Waals surface area contributed by atoms with Gasteiger partial charge in [-0.15, -0.1) is 0 Å². The van der Waals surface area contributed by atoms with E-state index in [9.17, 15) is 14.4 Å². The molecule has 1 saturated heterocycles. The van der Waals surface area contributed by atoms with Crippen molar-refractivity contribution in [3.63, 3.8) is 0 Å². The van der Waals surface area contributed by atoms with Crippen molar-refractivity contribution in [3.05, 3.63) is 79.8 Å². The Morgan fingerprint density at radius 1 is 0.903 bits per heavy atom. The summed E-state index contributed by atoms with van der Waals surface area (Å²) in [5.41, 5.74) is 0.650. The van der Waals surface area contributed by atoms with Crippen LogP contribution in [0.25, 0.3) is 11.0 Å². The van der Waals surface area contributed by atoms with Crippen molar-refractivity contribution in [3.8, 4) is 0 Å². The Hall–Kier alpha value is -2.90. The van der Waals surface area contributed by atoms with Crippen molar-refractivity contribution in [2.75, 3.05) is 26.2 Å². The average Bonchev–Trinajstić information content (AvgIpc) is 3.29. The highest BCUT2D eigenvalue weighted by Gasteiger charge is 2.16. The van der Waals surface area contributed by atoms with Crippen molar-refractivity contribution in [1.82, 2.24) is 19.4 Å². The third-order valence-corrected chi connectivity index (χ3v) is 5.89. The summed E-state index contributed by atoms with van der Waals surface area (Å²) in [5, 5.41) is 3.47. The fourth-order valence-corrected chi connectivity index (χ4v) is 4.14. The van der Waals surface area contributed by atoms with Crippen molar-refractivity contribution < 1.29 is 4.79 Å². The number of nitrogens with zero attached hydrogens (tertiary/aromatic N) is 3. The number of hydrogen-bond acceptors (Lipinski definition) is 4. The van der Waals surface area contributed by atoms with Gasteiger partial charge >= 0.3 is 11.1 Å². The highest BCUT2D eigenvalue weighted by Crippen LogP contribution is 2.14. The molecule has 0 saturated carbocycles. The second kappa shape index (κ2) is 9.49. The van der Waals surface area contributed by atoms with Gasteiger partial charge < -0.3 is 10.2 Å². The predicted octanol–water partition coefficient (Wildman–Crippen LogP) is 2.08. The van der Waals surface area contributed by atoms with Gasteiger partial charge in [0.2, 0.25) is 5.91 Å². The number of carbonyl (C=O) groups is 1. The molecule has 1 aliphatic heterocycles. The minimum Gasteiger partial charge on any atom is -0.353 e. The number of aromatic nitrogens is 2. The van der Waals surface area contributed by atoms with Crippen LogP contribution in [0.2, 0.25) is 5.02 Å². The Morgan fingerprint density at radius 3 is 2.19 bits per heavy atom. The molecule has 1 amide bonds. The molecule has 4 rings (SSSR count). The average molecular weight is 441 g/mol. The van der Waals surface area contributed by atoms with E-state index in [2.05, 4.69) is 10.2 Å². The molecule has 1 aromatic heterocycles. The summed E-state index contributed by atoms with van der Waals surface area (Å²) in [6.07, 6.45) is 2.39. The highest BCUT2D eigenvalue weighted by atomic mass is 35.5. The number of carbonyl (C=O) groups excluding carboxylic acids is 1. The predicted molar refractivity (Wildman–Crippen MR) is 122 cm³/mol. The smallest absolute Gasteiger partial charge is 0.317 e. The summed E-state index contributed by atoms with van der Waals surface area (Å²) in [4.78, 5) is 40.6. The van der Waals surface area contributed by atoms with E-state index >= 15 is 0 Å². The van der Waals surface area contributed by atoms with Crippen LogP contribution in [0.4, 0.5) is 0 Å². The molecule has 0 spiro atoms. The molecule has 1 fully saturated rings. The first-order valence-electron chi connectivity index (χ1n) is 10.5. The van der Waals surface area contributed by atoms with Crippen LogP contribution in [-0.2, 0) is 17.9 Å². The lowest BCUT2D eigenvalue weighted by Crippen LogP contribution is -2.44. The summed E-state index contributed by atoms with van der Waals surface area (Å²) in [7, 11) is 0. The number of hydrogen-bond donors (Lipinski definition) is 1. The van der Waals surface area contributed by atoms with Gasteiger partial charge in [0.25, 0.3) is 0 Å².